The van der Waals surface area contributed by atoms with Crippen LogP contribution in [0.2, 0.25) is 0 Å². The van der Waals surface area contributed by atoms with Crippen molar-refractivity contribution in [3.8, 4) is 0 Å². The van der Waals surface area contributed by atoms with Gasteiger partial charge in [0.1, 0.15) is 11.6 Å². The SMILES string of the molecule is CN(CCO)c1ncc(NC2CC2)c2ccc(F)cc12. The topological polar surface area (TPSA) is 48.4 Å². The molecular formula is C15H18FN3O. The van der Waals surface area contributed by atoms with Crippen LogP contribution in [0, 0.1) is 5.82 Å². The monoisotopic (exact) mass is 275 g/mol. The molecule has 1 aromatic carbocycles. The molecule has 0 amide bonds. The molecular weight excluding hydrogens is 257 g/mol. The van der Waals surface area contributed by atoms with E-state index in [1.54, 1.807) is 12.3 Å². The van der Waals surface area contributed by atoms with E-state index in [4.69, 9.17) is 5.11 Å². The van der Waals surface area contributed by atoms with Gasteiger partial charge in [-0.2, -0.15) is 0 Å². The molecule has 5 heteroatoms. The number of aliphatic hydroxyl groups excluding tert-OH is 1. The molecule has 4 nitrogen and oxygen atoms in total. The number of anilines is 2. The Bertz CT molecular complexity index is 628. The summed E-state index contributed by atoms with van der Waals surface area (Å²) in [5.41, 5.74) is 0.948. The molecule has 1 aliphatic carbocycles. The molecule has 106 valence electrons. The van der Waals surface area contributed by atoms with Gasteiger partial charge in [0.15, 0.2) is 0 Å². The lowest BCUT2D eigenvalue weighted by Crippen LogP contribution is -2.22. The van der Waals surface area contributed by atoms with E-state index in [1.807, 2.05) is 11.9 Å². The van der Waals surface area contributed by atoms with E-state index in [-0.39, 0.29) is 12.4 Å². The van der Waals surface area contributed by atoms with Crippen molar-refractivity contribution >= 4 is 22.3 Å². The number of fused-ring (bicyclic) bond motifs is 1. The van der Waals surface area contributed by atoms with Gasteiger partial charge in [-0.05, 0) is 31.0 Å². The molecule has 0 bridgehead atoms. The van der Waals surface area contributed by atoms with Gasteiger partial charge in [-0.1, -0.05) is 0 Å². The molecule has 3 rings (SSSR count). The highest BCUT2D eigenvalue weighted by atomic mass is 19.1. The summed E-state index contributed by atoms with van der Waals surface area (Å²) in [5, 5.41) is 14.2. The van der Waals surface area contributed by atoms with Crippen LogP contribution in [-0.2, 0) is 0 Å². The fourth-order valence-electron chi connectivity index (χ4n) is 2.32. The molecule has 1 aromatic heterocycles. The van der Waals surface area contributed by atoms with Crippen molar-refractivity contribution < 1.29 is 9.50 Å². The van der Waals surface area contributed by atoms with Gasteiger partial charge in [-0.15, -0.1) is 0 Å². The maximum Gasteiger partial charge on any atom is 0.136 e. The van der Waals surface area contributed by atoms with Crippen LogP contribution < -0.4 is 10.2 Å². The van der Waals surface area contributed by atoms with Gasteiger partial charge in [0.2, 0.25) is 0 Å². The van der Waals surface area contributed by atoms with E-state index in [2.05, 4.69) is 10.3 Å². The Balaban J connectivity index is 2.09. The van der Waals surface area contributed by atoms with Crippen LogP contribution in [0.4, 0.5) is 15.9 Å². The zero-order valence-corrected chi connectivity index (χ0v) is 11.4. The van der Waals surface area contributed by atoms with Crippen molar-refractivity contribution in [3.63, 3.8) is 0 Å². The third kappa shape index (κ3) is 2.54. The Labute approximate surface area is 117 Å². The smallest absolute Gasteiger partial charge is 0.136 e. The standard InChI is InChI=1S/C15H18FN3O/c1-19(6-7-20)15-13-8-10(16)2-5-12(13)14(9-17-15)18-11-3-4-11/h2,5,8-9,11,18,20H,3-4,6-7H2,1H3. The maximum atomic E-state index is 13.6. The van der Waals surface area contributed by atoms with Crippen LogP contribution in [0.3, 0.4) is 0 Å². The second-order valence-corrected chi connectivity index (χ2v) is 5.25. The van der Waals surface area contributed by atoms with E-state index < -0.39 is 0 Å². The summed E-state index contributed by atoms with van der Waals surface area (Å²) in [6.45, 7) is 0.505. The molecule has 0 aliphatic heterocycles. The highest BCUT2D eigenvalue weighted by Gasteiger charge is 2.22. The minimum Gasteiger partial charge on any atom is -0.395 e. The average Bonchev–Trinajstić information content (AvgIpc) is 3.23. The Kier molecular flexibility index (Phi) is 3.44. The van der Waals surface area contributed by atoms with E-state index in [9.17, 15) is 4.39 Å². The highest BCUT2D eigenvalue weighted by molar-refractivity contribution is 6.00. The number of halogens is 1. The minimum atomic E-state index is -0.276. The first-order valence-corrected chi connectivity index (χ1v) is 6.86. The predicted octanol–water partition coefficient (Wildman–Crippen LogP) is 2.38. The molecule has 1 heterocycles. The van der Waals surface area contributed by atoms with Gasteiger partial charge in [0, 0.05) is 30.4 Å². The van der Waals surface area contributed by atoms with Crippen molar-refractivity contribution in [2.45, 2.75) is 18.9 Å². The number of benzene rings is 1. The van der Waals surface area contributed by atoms with Gasteiger partial charge in [0.05, 0.1) is 18.5 Å². The lowest BCUT2D eigenvalue weighted by molar-refractivity contribution is 0.304. The lowest BCUT2D eigenvalue weighted by Gasteiger charge is -2.20. The molecule has 1 aliphatic rings. The van der Waals surface area contributed by atoms with Crippen LogP contribution in [0.5, 0.6) is 0 Å². The summed E-state index contributed by atoms with van der Waals surface area (Å²) in [7, 11) is 1.84. The number of likely N-dealkylation sites (N-methyl/N-ethyl adjacent to an activating group) is 1. The van der Waals surface area contributed by atoms with Crippen LogP contribution in [0.15, 0.2) is 24.4 Å². The number of aromatic nitrogens is 1. The van der Waals surface area contributed by atoms with Crippen molar-refractivity contribution in [1.29, 1.82) is 0 Å². The van der Waals surface area contributed by atoms with Crippen molar-refractivity contribution in [1.82, 2.24) is 4.98 Å². The van der Waals surface area contributed by atoms with E-state index >= 15 is 0 Å². The van der Waals surface area contributed by atoms with Crippen molar-refractivity contribution in [2.75, 3.05) is 30.4 Å². The summed E-state index contributed by atoms with van der Waals surface area (Å²) in [6, 6.07) is 5.28. The molecule has 1 fully saturated rings. The Hall–Kier alpha value is -1.88. The first-order valence-electron chi connectivity index (χ1n) is 6.86. The molecule has 20 heavy (non-hydrogen) atoms. The van der Waals surface area contributed by atoms with E-state index in [0.29, 0.717) is 18.4 Å². The molecule has 1 saturated carbocycles. The van der Waals surface area contributed by atoms with Gasteiger partial charge < -0.3 is 15.3 Å². The number of pyridine rings is 1. The largest absolute Gasteiger partial charge is 0.395 e. The molecule has 0 saturated heterocycles. The van der Waals surface area contributed by atoms with Crippen LogP contribution in [-0.4, -0.2) is 36.3 Å². The zero-order chi connectivity index (χ0) is 14.1. The number of rotatable bonds is 5. The van der Waals surface area contributed by atoms with Gasteiger partial charge in [0.25, 0.3) is 0 Å². The predicted molar refractivity (Wildman–Crippen MR) is 78.7 cm³/mol. The lowest BCUT2D eigenvalue weighted by atomic mass is 10.1. The molecule has 2 N–H and O–H groups in total. The van der Waals surface area contributed by atoms with Crippen molar-refractivity contribution in [2.24, 2.45) is 0 Å². The summed E-state index contributed by atoms with van der Waals surface area (Å²) in [5.74, 6) is 0.413. The maximum absolute atomic E-state index is 13.6. The van der Waals surface area contributed by atoms with Crippen LogP contribution in [0.25, 0.3) is 10.8 Å². The fraction of sp³-hybridized carbons (Fsp3) is 0.400. The first kappa shape index (κ1) is 13.1. The summed E-state index contributed by atoms with van der Waals surface area (Å²) in [6.07, 6.45) is 4.14. The second-order valence-electron chi connectivity index (χ2n) is 5.25. The second kappa shape index (κ2) is 5.25. The first-order chi connectivity index (χ1) is 9.69. The summed E-state index contributed by atoms with van der Waals surface area (Å²) in [4.78, 5) is 6.27. The Morgan fingerprint density at radius 2 is 2.20 bits per heavy atom. The quantitative estimate of drug-likeness (QED) is 0.879. The minimum absolute atomic E-state index is 0.0388. The molecule has 0 spiro atoms. The zero-order valence-electron chi connectivity index (χ0n) is 11.4. The highest BCUT2D eigenvalue weighted by Crippen LogP contribution is 2.33. The number of hydrogen-bond acceptors (Lipinski definition) is 4. The molecule has 0 atom stereocenters. The summed E-state index contributed by atoms with van der Waals surface area (Å²) >= 11 is 0. The number of nitrogens with one attached hydrogen (secondary N) is 1. The fourth-order valence-corrected chi connectivity index (χ4v) is 2.32. The molecule has 2 aromatic rings. The number of aliphatic hydroxyl groups is 1. The third-order valence-electron chi connectivity index (χ3n) is 3.56. The van der Waals surface area contributed by atoms with Gasteiger partial charge in [-0.3, -0.25) is 0 Å². The van der Waals surface area contributed by atoms with Crippen LogP contribution >= 0.6 is 0 Å². The van der Waals surface area contributed by atoms with E-state index in [1.165, 1.54) is 25.0 Å². The Morgan fingerprint density at radius 3 is 2.90 bits per heavy atom. The number of nitrogens with zero attached hydrogens (tertiary/aromatic N) is 2. The van der Waals surface area contributed by atoms with Gasteiger partial charge in [-0.25, -0.2) is 9.37 Å². The van der Waals surface area contributed by atoms with Gasteiger partial charge >= 0.3 is 0 Å². The third-order valence-corrected chi connectivity index (χ3v) is 3.56. The van der Waals surface area contributed by atoms with E-state index in [0.717, 1.165) is 16.5 Å². The summed E-state index contributed by atoms with van der Waals surface area (Å²) < 4.78 is 13.6. The Morgan fingerprint density at radius 1 is 1.40 bits per heavy atom. The normalized spacial score (nSPS) is 14.6. The molecule has 0 unspecified atom stereocenters. The average molecular weight is 275 g/mol. The number of hydrogen-bond donors (Lipinski definition) is 2. The van der Waals surface area contributed by atoms with Crippen molar-refractivity contribution in [3.05, 3.63) is 30.2 Å². The van der Waals surface area contributed by atoms with Crippen LogP contribution in [0.1, 0.15) is 12.8 Å². The molecule has 0 radical (unpaired) electrons.